The van der Waals surface area contributed by atoms with Crippen LogP contribution in [0.1, 0.15) is 44.6 Å². The molecule has 0 bridgehead atoms. The second kappa shape index (κ2) is 5.65. The molecule has 2 aliphatic rings. The van der Waals surface area contributed by atoms with Gasteiger partial charge in [-0.15, -0.1) is 0 Å². The van der Waals surface area contributed by atoms with Gasteiger partial charge in [-0.3, -0.25) is 0 Å². The standard InChI is InChI=1S/C17H23N3O/c1-3-21-15-10-14(17(15)8-4-5-9-17)20(2)16-7-6-13(11-18)12-19-16/h6-7,12,14-15H,3-5,8-10H2,1-2H3. The molecular weight excluding hydrogens is 262 g/mol. The normalized spacial score (nSPS) is 26.3. The Labute approximate surface area is 126 Å². The van der Waals surface area contributed by atoms with Gasteiger partial charge in [-0.2, -0.15) is 5.26 Å². The summed E-state index contributed by atoms with van der Waals surface area (Å²) in [6, 6.07) is 6.43. The van der Waals surface area contributed by atoms with E-state index in [-0.39, 0.29) is 0 Å². The first-order chi connectivity index (χ1) is 10.2. The van der Waals surface area contributed by atoms with Gasteiger partial charge >= 0.3 is 0 Å². The van der Waals surface area contributed by atoms with Crippen LogP contribution in [-0.2, 0) is 4.74 Å². The molecule has 1 aromatic rings. The van der Waals surface area contributed by atoms with E-state index in [1.54, 1.807) is 6.20 Å². The second-order valence-corrected chi connectivity index (χ2v) is 6.26. The third-order valence-corrected chi connectivity index (χ3v) is 5.35. The predicted molar refractivity (Wildman–Crippen MR) is 82.1 cm³/mol. The summed E-state index contributed by atoms with van der Waals surface area (Å²) in [5.41, 5.74) is 0.934. The van der Waals surface area contributed by atoms with Crippen molar-refractivity contribution in [1.29, 1.82) is 5.26 Å². The third-order valence-electron chi connectivity index (χ3n) is 5.35. The van der Waals surface area contributed by atoms with Gasteiger partial charge in [-0.25, -0.2) is 4.98 Å². The molecule has 21 heavy (non-hydrogen) atoms. The molecule has 1 spiro atoms. The zero-order valence-corrected chi connectivity index (χ0v) is 12.9. The minimum Gasteiger partial charge on any atom is -0.378 e. The summed E-state index contributed by atoms with van der Waals surface area (Å²) in [7, 11) is 2.13. The zero-order valence-electron chi connectivity index (χ0n) is 12.9. The Morgan fingerprint density at radius 1 is 1.43 bits per heavy atom. The van der Waals surface area contributed by atoms with E-state index in [1.165, 1.54) is 25.7 Å². The molecule has 1 heterocycles. The number of hydrogen-bond acceptors (Lipinski definition) is 4. The van der Waals surface area contributed by atoms with Gasteiger partial charge in [0.05, 0.1) is 11.7 Å². The molecule has 0 aromatic carbocycles. The molecule has 3 rings (SSSR count). The summed E-state index contributed by atoms with van der Waals surface area (Å²) in [4.78, 5) is 6.73. The van der Waals surface area contributed by atoms with Gasteiger partial charge in [0, 0.05) is 31.3 Å². The molecule has 4 heteroatoms. The van der Waals surface area contributed by atoms with Crippen molar-refractivity contribution in [3.8, 4) is 6.07 Å². The number of hydrogen-bond donors (Lipinski definition) is 0. The summed E-state index contributed by atoms with van der Waals surface area (Å²) in [6.07, 6.45) is 8.32. The van der Waals surface area contributed by atoms with Crippen molar-refractivity contribution in [2.75, 3.05) is 18.6 Å². The maximum atomic E-state index is 8.87. The van der Waals surface area contributed by atoms with Crippen molar-refractivity contribution in [1.82, 2.24) is 4.98 Å². The van der Waals surface area contributed by atoms with Crippen LogP contribution in [0, 0.1) is 16.7 Å². The molecule has 0 N–H and O–H groups in total. The van der Waals surface area contributed by atoms with Crippen molar-refractivity contribution in [2.45, 2.75) is 51.2 Å². The third kappa shape index (κ3) is 2.30. The van der Waals surface area contributed by atoms with E-state index in [0.717, 1.165) is 18.8 Å². The largest absolute Gasteiger partial charge is 0.378 e. The van der Waals surface area contributed by atoms with Gasteiger partial charge in [0.15, 0.2) is 0 Å². The Kier molecular flexibility index (Phi) is 3.86. The highest BCUT2D eigenvalue weighted by Crippen LogP contribution is 2.56. The fourth-order valence-electron chi connectivity index (χ4n) is 4.21. The smallest absolute Gasteiger partial charge is 0.128 e. The molecule has 0 radical (unpaired) electrons. The van der Waals surface area contributed by atoms with E-state index in [0.29, 0.717) is 23.1 Å². The van der Waals surface area contributed by atoms with Gasteiger partial charge in [-0.1, -0.05) is 12.8 Å². The minimum atomic E-state index is 0.320. The molecule has 1 aromatic heterocycles. The maximum absolute atomic E-state index is 8.87. The number of rotatable bonds is 4. The van der Waals surface area contributed by atoms with E-state index < -0.39 is 0 Å². The molecule has 2 fully saturated rings. The Bertz CT molecular complexity index is 528. The van der Waals surface area contributed by atoms with Crippen LogP contribution >= 0.6 is 0 Å². The highest BCUT2D eigenvalue weighted by molar-refractivity contribution is 5.44. The van der Waals surface area contributed by atoms with Crippen molar-refractivity contribution in [3.05, 3.63) is 23.9 Å². The number of pyridine rings is 1. The van der Waals surface area contributed by atoms with Gasteiger partial charge in [-0.05, 0) is 38.3 Å². The minimum absolute atomic E-state index is 0.320. The average molecular weight is 285 g/mol. The number of anilines is 1. The Balaban J connectivity index is 1.78. The van der Waals surface area contributed by atoms with Crippen LogP contribution in [0.5, 0.6) is 0 Å². The lowest BCUT2D eigenvalue weighted by molar-refractivity contribution is -0.121. The molecule has 2 saturated carbocycles. The fourth-order valence-corrected chi connectivity index (χ4v) is 4.21. The molecule has 2 atom stereocenters. The Morgan fingerprint density at radius 2 is 2.19 bits per heavy atom. The van der Waals surface area contributed by atoms with Crippen molar-refractivity contribution < 1.29 is 4.74 Å². The van der Waals surface area contributed by atoms with E-state index in [4.69, 9.17) is 10.00 Å². The van der Waals surface area contributed by atoms with Crippen LogP contribution in [0.25, 0.3) is 0 Å². The molecule has 2 unspecified atom stereocenters. The number of nitrogens with zero attached hydrogens (tertiary/aromatic N) is 3. The zero-order chi connectivity index (χ0) is 14.9. The first kappa shape index (κ1) is 14.3. The molecule has 0 aliphatic heterocycles. The quantitative estimate of drug-likeness (QED) is 0.853. The lowest BCUT2D eigenvalue weighted by Crippen LogP contribution is -2.63. The van der Waals surface area contributed by atoms with E-state index >= 15 is 0 Å². The van der Waals surface area contributed by atoms with E-state index in [9.17, 15) is 0 Å². The molecular formula is C17H23N3O. The van der Waals surface area contributed by atoms with Gasteiger partial charge in [0.2, 0.25) is 0 Å². The maximum Gasteiger partial charge on any atom is 0.128 e. The summed E-state index contributed by atoms with van der Waals surface area (Å²) in [6.45, 7) is 2.89. The molecule has 2 aliphatic carbocycles. The first-order valence-electron chi connectivity index (χ1n) is 7.92. The molecule has 0 amide bonds. The van der Waals surface area contributed by atoms with Crippen LogP contribution in [0.3, 0.4) is 0 Å². The molecule has 4 nitrogen and oxygen atoms in total. The van der Waals surface area contributed by atoms with Crippen molar-refractivity contribution >= 4 is 5.82 Å². The molecule has 112 valence electrons. The van der Waals surface area contributed by atoms with Crippen LogP contribution in [0.15, 0.2) is 18.3 Å². The second-order valence-electron chi connectivity index (χ2n) is 6.26. The van der Waals surface area contributed by atoms with Gasteiger partial charge in [0.1, 0.15) is 11.9 Å². The Hall–Kier alpha value is -1.60. The summed E-state index contributed by atoms with van der Waals surface area (Å²) < 4.78 is 5.98. The monoisotopic (exact) mass is 285 g/mol. The highest BCUT2D eigenvalue weighted by Gasteiger charge is 2.58. The van der Waals surface area contributed by atoms with Crippen molar-refractivity contribution in [2.24, 2.45) is 5.41 Å². The summed E-state index contributed by atoms with van der Waals surface area (Å²) in [5.74, 6) is 0.959. The lowest BCUT2D eigenvalue weighted by Gasteiger charge is -2.57. The number of nitriles is 1. The summed E-state index contributed by atoms with van der Waals surface area (Å²) >= 11 is 0. The average Bonchev–Trinajstić information content (AvgIpc) is 3.03. The highest BCUT2D eigenvalue weighted by atomic mass is 16.5. The van der Waals surface area contributed by atoms with Gasteiger partial charge in [0.25, 0.3) is 0 Å². The van der Waals surface area contributed by atoms with Crippen LogP contribution < -0.4 is 4.90 Å². The predicted octanol–water partition coefficient (Wildman–Crippen LogP) is 3.13. The van der Waals surface area contributed by atoms with E-state index in [2.05, 4.69) is 29.9 Å². The van der Waals surface area contributed by atoms with Crippen LogP contribution in [0.4, 0.5) is 5.82 Å². The lowest BCUT2D eigenvalue weighted by atomic mass is 9.60. The Morgan fingerprint density at radius 3 is 2.76 bits per heavy atom. The first-order valence-corrected chi connectivity index (χ1v) is 7.92. The SMILES string of the molecule is CCOC1CC(N(C)c2ccc(C#N)cn2)C12CCCC2. The number of aromatic nitrogens is 1. The van der Waals surface area contributed by atoms with Gasteiger partial charge < -0.3 is 9.64 Å². The van der Waals surface area contributed by atoms with Crippen molar-refractivity contribution in [3.63, 3.8) is 0 Å². The molecule has 0 saturated heterocycles. The topological polar surface area (TPSA) is 49.1 Å². The number of ether oxygens (including phenoxy) is 1. The van der Waals surface area contributed by atoms with Crippen LogP contribution in [-0.4, -0.2) is 30.8 Å². The summed E-state index contributed by atoms with van der Waals surface area (Å²) in [5, 5.41) is 8.87. The fraction of sp³-hybridized carbons (Fsp3) is 0.647. The van der Waals surface area contributed by atoms with Crippen LogP contribution in [0.2, 0.25) is 0 Å². The van der Waals surface area contributed by atoms with E-state index in [1.807, 2.05) is 12.1 Å².